The minimum Gasteiger partial charge on any atom is -0.388 e. The van der Waals surface area contributed by atoms with Crippen LogP contribution in [0.5, 0.6) is 0 Å². The molecule has 2 rings (SSSR count). The van der Waals surface area contributed by atoms with Gasteiger partial charge in [-0.15, -0.1) is 0 Å². The molecule has 1 amide bonds. The highest BCUT2D eigenvalue weighted by molar-refractivity contribution is 5.77. The van der Waals surface area contributed by atoms with Crippen molar-refractivity contribution in [3.8, 4) is 0 Å². The van der Waals surface area contributed by atoms with E-state index in [2.05, 4.69) is 5.32 Å². The van der Waals surface area contributed by atoms with Crippen molar-refractivity contribution < 1.29 is 15.0 Å². The van der Waals surface area contributed by atoms with E-state index in [9.17, 15) is 15.0 Å². The molecule has 1 aromatic rings. The van der Waals surface area contributed by atoms with Crippen LogP contribution in [0, 0.1) is 0 Å². The van der Waals surface area contributed by atoms with Gasteiger partial charge in [-0.3, -0.25) is 4.79 Å². The number of amides is 1. The molecule has 0 aliphatic heterocycles. The highest BCUT2D eigenvalue weighted by atomic mass is 16.3. The largest absolute Gasteiger partial charge is 0.388 e. The topological polar surface area (TPSA) is 69.6 Å². The van der Waals surface area contributed by atoms with E-state index in [1.54, 1.807) is 19.1 Å². The molecule has 1 unspecified atom stereocenters. The van der Waals surface area contributed by atoms with E-state index in [1.165, 1.54) is 0 Å². The molecule has 1 aliphatic carbocycles. The van der Waals surface area contributed by atoms with Crippen LogP contribution in [-0.4, -0.2) is 28.3 Å². The summed E-state index contributed by atoms with van der Waals surface area (Å²) in [6, 6.07) is 9.15. The Bertz CT molecular complexity index is 450. The number of hydrogen-bond acceptors (Lipinski definition) is 3. The molecule has 0 aromatic heterocycles. The Morgan fingerprint density at radius 2 is 1.90 bits per heavy atom. The van der Waals surface area contributed by atoms with Crippen LogP contribution in [0.4, 0.5) is 0 Å². The molecule has 1 aromatic carbocycles. The second-order valence-electron chi connectivity index (χ2n) is 6.02. The fraction of sp³-hybridized carbons (Fsp3) is 0.562. The average Bonchev–Trinajstić information content (AvgIpc) is 2.85. The SMILES string of the molecule is CC(O)(CC(=O)NCC1(O)CCCC1)c1ccccc1. The van der Waals surface area contributed by atoms with Gasteiger partial charge in [0.05, 0.1) is 17.6 Å². The molecule has 0 spiro atoms. The maximum Gasteiger partial charge on any atom is 0.223 e. The molecule has 4 heteroatoms. The molecule has 1 saturated carbocycles. The Kier molecular flexibility index (Phi) is 4.45. The minimum absolute atomic E-state index is 0.00685. The fourth-order valence-electron chi connectivity index (χ4n) is 2.75. The van der Waals surface area contributed by atoms with Gasteiger partial charge in [0, 0.05) is 6.54 Å². The van der Waals surface area contributed by atoms with Crippen LogP contribution in [0.15, 0.2) is 30.3 Å². The fourth-order valence-corrected chi connectivity index (χ4v) is 2.75. The zero-order valence-corrected chi connectivity index (χ0v) is 11.9. The molecule has 0 saturated heterocycles. The van der Waals surface area contributed by atoms with Gasteiger partial charge in [-0.1, -0.05) is 43.2 Å². The third-order valence-electron chi connectivity index (χ3n) is 4.05. The summed E-state index contributed by atoms with van der Waals surface area (Å²) in [6.45, 7) is 1.91. The van der Waals surface area contributed by atoms with E-state index in [0.717, 1.165) is 31.2 Å². The van der Waals surface area contributed by atoms with Gasteiger partial charge in [0.1, 0.15) is 0 Å². The summed E-state index contributed by atoms with van der Waals surface area (Å²) in [5.74, 6) is -0.237. The van der Waals surface area contributed by atoms with Crippen LogP contribution in [0.1, 0.15) is 44.6 Å². The zero-order valence-electron chi connectivity index (χ0n) is 11.9. The molecule has 3 N–H and O–H groups in total. The van der Waals surface area contributed by atoms with Crippen molar-refractivity contribution in [2.75, 3.05) is 6.54 Å². The molecular formula is C16H23NO3. The van der Waals surface area contributed by atoms with Gasteiger partial charge in [-0.05, 0) is 25.3 Å². The number of hydrogen-bond donors (Lipinski definition) is 3. The molecule has 1 aliphatic rings. The Morgan fingerprint density at radius 3 is 2.50 bits per heavy atom. The molecule has 0 radical (unpaired) electrons. The van der Waals surface area contributed by atoms with E-state index < -0.39 is 11.2 Å². The summed E-state index contributed by atoms with van der Waals surface area (Å²) < 4.78 is 0. The molecule has 0 bridgehead atoms. The van der Waals surface area contributed by atoms with Crippen molar-refractivity contribution in [3.05, 3.63) is 35.9 Å². The standard InChI is InChI=1S/C16H23NO3/c1-15(19,13-7-3-2-4-8-13)11-14(18)17-12-16(20)9-5-6-10-16/h2-4,7-8,19-20H,5-6,9-12H2,1H3,(H,17,18). The molecule has 1 fully saturated rings. The second kappa shape index (κ2) is 5.94. The maximum atomic E-state index is 11.9. The van der Waals surface area contributed by atoms with Crippen molar-refractivity contribution in [3.63, 3.8) is 0 Å². The quantitative estimate of drug-likeness (QED) is 0.767. The summed E-state index contributed by atoms with van der Waals surface area (Å²) in [7, 11) is 0. The number of rotatable bonds is 5. The van der Waals surface area contributed by atoms with Gasteiger partial charge < -0.3 is 15.5 Å². The van der Waals surface area contributed by atoms with Gasteiger partial charge >= 0.3 is 0 Å². The van der Waals surface area contributed by atoms with E-state index in [1.807, 2.05) is 18.2 Å². The second-order valence-corrected chi connectivity index (χ2v) is 6.02. The van der Waals surface area contributed by atoms with Crippen LogP contribution in [0.25, 0.3) is 0 Å². The highest BCUT2D eigenvalue weighted by Crippen LogP contribution is 2.29. The van der Waals surface area contributed by atoms with Crippen LogP contribution in [0.3, 0.4) is 0 Å². The predicted octanol–water partition coefficient (Wildman–Crippen LogP) is 1.71. The first-order valence-electron chi connectivity index (χ1n) is 7.18. The number of carbonyl (C=O) groups is 1. The summed E-state index contributed by atoms with van der Waals surface area (Å²) >= 11 is 0. The smallest absolute Gasteiger partial charge is 0.223 e. The Morgan fingerprint density at radius 1 is 1.30 bits per heavy atom. The van der Waals surface area contributed by atoms with Crippen molar-refractivity contribution in [2.45, 2.75) is 50.2 Å². The Balaban J connectivity index is 1.87. The summed E-state index contributed by atoms with van der Waals surface area (Å²) in [4.78, 5) is 11.9. The van der Waals surface area contributed by atoms with Crippen molar-refractivity contribution in [2.24, 2.45) is 0 Å². The lowest BCUT2D eigenvalue weighted by atomic mass is 9.92. The lowest BCUT2D eigenvalue weighted by molar-refractivity contribution is -0.127. The van der Waals surface area contributed by atoms with Gasteiger partial charge in [0.2, 0.25) is 5.91 Å². The van der Waals surface area contributed by atoms with Gasteiger partial charge in [-0.2, -0.15) is 0 Å². The lowest BCUT2D eigenvalue weighted by Gasteiger charge is -2.26. The summed E-state index contributed by atoms with van der Waals surface area (Å²) in [6.07, 6.45) is 3.49. The molecule has 110 valence electrons. The molecule has 1 atom stereocenters. The van der Waals surface area contributed by atoms with Crippen LogP contribution in [-0.2, 0) is 10.4 Å². The molecular weight excluding hydrogens is 254 g/mol. The first kappa shape index (κ1) is 15.0. The molecule has 4 nitrogen and oxygen atoms in total. The van der Waals surface area contributed by atoms with E-state index in [4.69, 9.17) is 0 Å². The first-order chi connectivity index (χ1) is 9.41. The first-order valence-corrected chi connectivity index (χ1v) is 7.18. The number of benzene rings is 1. The third kappa shape index (κ3) is 3.81. The van der Waals surface area contributed by atoms with E-state index in [0.29, 0.717) is 0 Å². The number of carbonyl (C=O) groups excluding carboxylic acids is 1. The van der Waals surface area contributed by atoms with Gasteiger partial charge in [-0.25, -0.2) is 0 Å². The molecule has 20 heavy (non-hydrogen) atoms. The average molecular weight is 277 g/mol. The zero-order chi connectivity index (χ0) is 14.6. The van der Waals surface area contributed by atoms with Crippen LogP contribution < -0.4 is 5.32 Å². The Hall–Kier alpha value is -1.39. The number of nitrogens with one attached hydrogen (secondary N) is 1. The van der Waals surface area contributed by atoms with E-state index in [-0.39, 0.29) is 18.9 Å². The predicted molar refractivity (Wildman–Crippen MR) is 77.1 cm³/mol. The van der Waals surface area contributed by atoms with Crippen molar-refractivity contribution in [1.29, 1.82) is 0 Å². The summed E-state index contributed by atoms with van der Waals surface area (Å²) in [5, 5.41) is 23.3. The van der Waals surface area contributed by atoms with Gasteiger partial charge in [0.15, 0.2) is 0 Å². The van der Waals surface area contributed by atoms with Crippen LogP contribution in [0.2, 0.25) is 0 Å². The normalized spacial score (nSPS) is 20.4. The highest BCUT2D eigenvalue weighted by Gasteiger charge is 2.32. The lowest BCUT2D eigenvalue weighted by Crippen LogP contribution is -2.42. The third-order valence-corrected chi connectivity index (χ3v) is 4.05. The van der Waals surface area contributed by atoms with Gasteiger partial charge in [0.25, 0.3) is 0 Å². The maximum absolute atomic E-state index is 11.9. The van der Waals surface area contributed by atoms with Crippen LogP contribution >= 0.6 is 0 Å². The number of aliphatic hydroxyl groups is 2. The minimum atomic E-state index is -1.19. The van der Waals surface area contributed by atoms with Crippen molar-refractivity contribution >= 4 is 5.91 Å². The van der Waals surface area contributed by atoms with E-state index >= 15 is 0 Å². The monoisotopic (exact) mass is 277 g/mol. The summed E-state index contributed by atoms with van der Waals surface area (Å²) in [5.41, 5.74) is -1.23. The Labute approximate surface area is 119 Å². The van der Waals surface area contributed by atoms with Crippen molar-refractivity contribution in [1.82, 2.24) is 5.32 Å². The molecule has 0 heterocycles.